The third-order valence-corrected chi connectivity index (χ3v) is 4.65. The summed E-state index contributed by atoms with van der Waals surface area (Å²) in [7, 11) is -2.99. The molecule has 1 aromatic heterocycles. The third kappa shape index (κ3) is 1.32. The zero-order valence-corrected chi connectivity index (χ0v) is 9.47. The molecule has 0 fully saturated rings. The first kappa shape index (κ1) is 9.21. The van der Waals surface area contributed by atoms with E-state index in [2.05, 4.69) is 21.0 Å². The molecule has 1 aliphatic heterocycles. The van der Waals surface area contributed by atoms with Crippen molar-refractivity contribution in [2.75, 3.05) is 0 Å². The first-order valence-corrected chi connectivity index (χ1v) is 6.50. The van der Waals surface area contributed by atoms with E-state index in [0.717, 1.165) is 5.69 Å². The van der Waals surface area contributed by atoms with Gasteiger partial charge in [-0.1, -0.05) is 6.92 Å². The Morgan fingerprint density at radius 1 is 1.77 bits per heavy atom. The number of sulfone groups is 1. The lowest BCUT2D eigenvalue weighted by Gasteiger charge is -2.02. The van der Waals surface area contributed by atoms with E-state index in [1.165, 1.54) is 0 Å². The van der Waals surface area contributed by atoms with Crippen LogP contribution in [0.2, 0.25) is 0 Å². The lowest BCUT2D eigenvalue weighted by molar-refractivity contribution is 0.580. The Balaban J connectivity index is 2.55. The molecule has 1 aromatic rings. The van der Waals surface area contributed by atoms with Gasteiger partial charge in [0.1, 0.15) is 15.7 Å². The van der Waals surface area contributed by atoms with E-state index >= 15 is 0 Å². The van der Waals surface area contributed by atoms with Crippen molar-refractivity contribution >= 4 is 25.8 Å². The van der Waals surface area contributed by atoms with Gasteiger partial charge in [-0.25, -0.2) is 8.42 Å². The maximum Gasteiger partial charge on any atom is 0.178 e. The summed E-state index contributed by atoms with van der Waals surface area (Å²) >= 11 is 3.23. The molecule has 1 aliphatic rings. The summed E-state index contributed by atoms with van der Waals surface area (Å²) in [6.45, 7) is 1.87. The van der Waals surface area contributed by atoms with Gasteiger partial charge in [0, 0.05) is 0 Å². The lowest BCUT2D eigenvalue weighted by Crippen LogP contribution is -2.06. The normalized spacial score (nSPS) is 24.6. The number of hydrogen-bond donors (Lipinski definition) is 0. The van der Waals surface area contributed by atoms with E-state index in [1.54, 1.807) is 10.7 Å². The largest absolute Gasteiger partial charge is 0.252 e. The van der Waals surface area contributed by atoms with E-state index in [1.807, 2.05) is 6.92 Å². The smallest absolute Gasteiger partial charge is 0.178 e. The van der Waals surface area contributed by atoms with Crippen LogP contribution in [0.25, 0.3) is 0 Å². The standard InChI is InChI=1S/C7H9BrN2O2S/c1-2-6-5-3-7(8)9-10(5)4-13(6,11)12/h3,6H,2,4H2,1H3. The van der Waals surface area contributed by atoms with Crippen LogP contribution < -0.4 is 0 Å². The molecule has 0 saturated carbocycles. The Morgan fingerprint density at radius 2 is 2.46 bits per heavy atom. The van der Waals surface area contributed by atoms with E-state index in [-0.39, 0.29) is 11.1 Å². The number of fused-ring (bicyclic) bond motifs is 1. The van der Waals surface area contributed by atoms with Crippen molar-refractivity contribution < 1.29 is 8.42 Å². The molecule has 0 N–H and O–H groups in total. The second kappa shape index (κ2) is 2.81. The highest BCUT2D eigenvalue weighted by Crippen LogP contribution is 2.34. The predicted octanol–water partition coefficient (Wildman–Crippen LogP) is 1.48. The van der Waals surface area contributed by atoms with Crippen molar-refractivity contribution in [2.45, 2.75) is 24.5 Å². The average molecular weight is 265 g/mol. The van der Waals surface area contributed by atoms with Crippen molar-refractivity contribution in [1.29, 1.82) is 0 Å². The molecule has 0 aliphatic carbocycles. The van der Waals surface area contributed by atoms with Gasteiger partial charge in [-0.15, -0.1) is 0 Å². The van der Waals surface area contributed by atoms with Crippen molar-refractivity contribution in [3.63, 3.8) is 0 Å². The number of hydrogen-bond acceptors (Lipinski definition) is 3. The first-order valence-electron chi connectivity index (χ1n) is 3.99. The minimum atomic E-state index is -2.99. The number of rotatable bonds is 1. The Hall–Kier alpha value is -0.360. The monoisotopic (exact) mass is 264 g/mol. The fraction of sp³-hybridized carbons (Fsp3) is 0.571. The van der Waals surface area contributed by atoms with Crippen LogP contribution in [0.1, 0.15) is 24.3 Å². The molecule has 0 bridgehead atoms. The van der Waals surface area contributed by atoms with Crippen LogP contribution in [-0.4, -0.2) is 18.2 Å². The molecule has 13 heavy (non-hydrogen) atoms. The summed E-state index contributed by atoms with van der Waals surface area (Å²) in [5.74, 6) is 0.0203. The van der Waals surface area contributed by atoms with Crippen LogP contribution in [0.5, 0.6) is 0 Å². The molecule has 0 saturated heterocycles. The molecule has 72 valence electrons. The van der Waals surface area contributed by atoms with E-state index in [0.29, 0.717) is 11.0 Å². The average Bonchev–Trinajstić information content (AvgIpc) is 2.39. The number of aromatic nitrogens is 2. The summed E-state index contributed by atoms with van der Waals surface area (Å²) < 4.78 is 25.3. The van der Waals surface area contributed by atoms with Gasteiger partial charge < -0.3 is 0 Å². The molecule has 6 heteroatoms. The summed E-state index contributed by atoms with van der Waals surface area (Å²) in [6, 6.07) is 1.78. The van der Waals surface area contributed by atoms with Gasteiger partial charge in [-0.05, 0) is 28.4 Å². The van der Waals surface area contributed by atoms with Crippen molar-refractivity contribution in [2.24, 2.45) is 0 Å². The Bertz CT molecular complexity index is 437. The van der Waals surface area contributed by atoms with Gasteiger partial charge in [0.2, 0.25) is 0 Å². The molecule has 4 nitrogen and oxygen atoms in total. The van der Waals surface area contributed by atoms with Crippen LogP contribution in [0, 0.1) is 0 Å². The van der Waals surface area contributed by atoms with Crippen LogP contribution in [-0.2, 0) is 15.7 Å². The van der Waals surface area contributed by atoms with Crippen molar-refractivity contribution in [3.05, 3.63) is 16.4 Å². The first-order chi connectivity index (χ1) is 6.04. The fourth-order valence-corrected chi connectivity index (χ4v) is 3.89. The molecular formula is C7H9BrN2O2S. The molecule has 0 amide bonds. The van der Waals surface area contributed by atoms with E-state index in [4.69, 9.17) is 0 Å². The topological polar surface area (TPSA) is 52.0 Å². The Kier molecular flexibility index (Phi) is 1.99. The van der Waals surface area contributed by atoms with Crippen LogP contribution in [0.4, 0.5) is 0 Å². The van der Waals surface area contributed by atoms with Crippen molar-refractivity contribution in [3.8, 4) is 0 Å². The Labute approximate surface area is 85.0 Å². The zero-order valence-electron chi connectivity index (χ0n) is 7.07. The highest BCUT2D eigenvalue weighted by atomic mass is 79.9. The summed E-state index contributed by atoms with van der Waals surface area (Å²) in [5.41, 5.74) is 0.800. The fourth-order valence-electron chi connectivity index (χ4n) is 1.67. The summed E-state index contributed by atoms with van der Waals surface area (Å²) in [4.78, 5) is 0. The van der Waals surface area contributed by atoms with Crippen molar-refractivity contribution in [1.82, 2.24) is 9.78 Å². The van der Waals surface area contributed by atoms with Gasteiger partial charge in [-0.2, -0.15) is 5.10 Å². The summed E-state index contributed by atoms with van der Waals surface area (Å²) in [6.07, 6.45) is 0.612. The predicted molar refractivity (Wildman–Crippen MR) is 51.9 cm³/mol. The van der Waals surface area contributed by atoms with Crippen LogP contribution in [0.3, 0.4) is 0 Å². The lowest BCUT2D eigenvalue weighted by atomic mass is 10.2. The quantitative estimate of drug-likeness (QED) is 0.772. The molecule has 0 spiro atoms. The number of nitrogens with zero attached hydrogens (tertiary/aromatic N) is 2. The highest BCUT2D eigenvalue weighted by molar-refractivity contribution is 9.10. The second-order valence-electron chi connectivity index (χ2n) is 3.08. The molecule has 0 radical (unpaired) electrons. The van der Waals surface area contributed by atoms with Gasteiger partial charge >= 0.3 is 0 Å². The molecular weight excluding hydrogens is 256 g/mol. The Morgan fingerprint density at radius 3 is 3.08 bits per heavy atom. The van der Waals surface area contributed by atoms with Gasteiger partial charge in [0.05, 0.1) is 5.69 Å². The molecule has 1 unspecified atom stereocenters. The molecule has 1 atom stereocenters. The second-order valence-corrected chi connectivity index (χ2v) is 6.05. The van der Waals surface area contributed by atoms with E-state index < -0.39 is 9.84 Å². The van der Waals surface area contributed by atoms with E-state index in [9.17, 15) is 8.42 Å². The minimum absolute atomic E-state index is 0.0203. The van der Waals surface area contributed by atoms with Crippen LogP contribution >= 0.6 is 15.9 Å². The third-order valence-electron chi connectivity index (χ3n) is 2.22. The minimum Gasteiger partial charge on any atom is -0.252 e. The molecule has 2 rings (SSSR count). The molecule has 2 heterocycles. The van der Waals surface area contributed by atoms with Gasteiger partial charge in [-0.3, -0.25) is 4.68 Å². The summed E-state index contributed by atoms with van der Waals surface area (Å²) in [5, 5.41) is 3.67. The van der Waals surface area contributed by atoms with Crippen LogP contribution in [0.15, 0.2) is 10.7 Å². The maximum atomic E-state index is 11.5. The van der Waals surface area contributed by atoms with Gasteiger partial charge in [0.25, 0.3) is 0 Å². The van der Waals surface area contributed by atoms with Gasteiger partial charge in [0.15, 0.2) is 9.84 Å². The number of halogens is 1. The highest BCUT2D eigenvalue weighted by Gasteiger charge is 2.36. The molecule has 0 aromatic carbocycles. The SMILES string of the molecule is CCC1c2cc(Br)nn2CS1(=O)=O. The maximum absolute atomic E-state index is 11.5. The zero-order chi connectivity index (χ0) is 9.64.